The Labute approximate surface area is 126 Å². The molecule has 3 rings (SSSR count). The molecule has 1 aliphatic rings. The number of aromatic hydroxyl groups is 1. The van der Waals surface area contributed by atoms with Crippen molar-refractivity contribution >= 4 is 17.6 Å². The second kappa shape index (κ2) is 5.89. The molecule has 110 valence electrons. The number of aromatic nitrogens is 2. The van der Waals surface area contributed by atoms with Crippen molar-refractivity contribution in [1.29, 1.82) is 0 Å². The molecule has 0 fully saturated rings. The smallest absolute Gasteiger partial charge is 0.165 e. The molecule has 0 saturated carbocycles. The van der Waals surface area contributed by atoms with E-state index in [4.69, 9.17) is 0 Å². The quantitative estimate of drug-likeness (QED) is 0.904. The van der Waals surface area contributed by atoms with Crippen LogP contribution in [0.1, 0.15) is 24.6 Å². The lowest BCUT2D eigenvalue weighted by molar-refractivity contribution is 0.432. The fourth-order valence-corrected chi connectivity index (χ4v) is 3.26. The predicted octanol–water partition coefficient (Wildman–Crippen LogP) is 3.56. The van der Waals surface area contributed by atoms with E-state index in [0.29, 0.717) is 11.4 Å². The van der Waals surface area contributed by atoms with E-state index in [1.807, 2.05) is 0 Å². The lowest BCUT2D eigenvalue weighted by atomic mass is 10.1. The van der Waals surface area contributed by atoms with Crippen molar-refractivity contribution in [3.05, 3.63) is 35.3 Å². The predicted molar refractivity (Wildman–Crippen MR) is 82.9 cm³/mol. The Morgan fingerprint density at radius 1 is 1.33 bits per heavy atom. The summed E-state index contributed by atoms with van der Waals surface area (Å²) >= 11 is 1.80. The molecule has 2 aromatic rings. The van der Waals surface area contributed by atoms with Crippen molar-refractivity contribution in [2.75, 3.05) is 11.9 Å². The SMILES string of the molecule is CCCNc1nc(-c2ccc(O)c(F)c2)nc2c1CSC2. The maximum absolute atomic E-state index is 13.5. The molecular formula is C15H16FN3OS. The number of thioether (sulfide) groups is 1. The van der Waals surface area contributed by atoms with Crippen LogP contribution < -0.4 is 5.32 Å². The number of anilines is 1. The Kier molecular flexibility index (Phi) is 3.96. The van der Waals surface area contributed by atoms with Crippen molar-refractivity contribution in [3.8, 4) is 17.1 Å². The molecule has 0 spiro atoms. The van der Waals surface area contributed by atoms with Gasteiger partial charge in [-0.2, -0.15) is 11.8 Å². The highest BCUT2D eigenvalue weighted by Gasteiger charge is 2.20. The van der Waals surface area contributed by atoms with Gasteiger partial charge in [0.25, 0.3) is 0 Å². The minimum absolute atomic E-state index is 0.361. The Balaban J connectivity index is 2.04. The van der Waals surface area contributed by atoms with Gasteiger partial charge in [0.15, 0.2) is 17.4 Å². The first-order valence-electron chi connectivity index (χ1n) is 6.89. The normalized spacial score (nSPS) is 13.2. The molecule has 1 aromatic carbocycles. The number of phenolic OH excluding ortho intramolecular Hbond substituents is 1. The zero-order valence-electron chi connectivity index (χ0n) is 11.7. The van der Waals surface area contributed by atoms with Crippen LogP contribution in [-0.4, -0.2) is 21.6 Å². The van der Waals surface area contributed by atoms with Crippen LogP contribution in [0.15, 0.2) is 18.2 Å². The van der Waals surface area contributed by atoms with E-state index in [2.05, 4.69) is 22.2 Å². The third-order valence-corrected chi connectivity index (χ3v) is 4.30. The molecule has 2 heterocycles. The molecule has 4 nitrogen and oxygen atoms in total. The monoisotopic (exact) mass is 305 g/mol. The molecule has 21 heavy (non-hydrogen) atoms. The topological polar surface area (TPSA) is 58.0 Å². The van der Waals surface area contributed by atoms with Crippen LogP contribution in [0.3, 0.4) is 0 Å². The van der Waals surface area contributed by atoms with Gasteiger partial charge in [-0.3, -0.25) is 0 Å². The Morgan fingerprint density at radius 3 is 2.95 bits per heavy atom. The third kappa shape index (κ3) is 2.81. The third-order valence-electron chi connectivity index (χ3n) is 3.33. The van der Waals surface area contributed by atoms with Crippen LogP contribution >= 0.6 is 11.8 Å². The summed E-state index contributed by atoms with van der Waals surface area (Å²) in [6.45, 7) is 2.94. The summed E-state index contributed by atoms with van der Waals surface area (Å²) in [5, 5.41) is 12.6. The van der Waals surface area contributed by atoms with E-state index in [-0.39, 0.29) is 5.75 Å². The molecule has 0 aliphatic carbocycles. The van der Waals surface area contributed by atoms with Crippen molar-refractivity contribution in [2.45, 2.75) is 24.9 Å². The Bertz CT molecular complexity index is 678. The number of nitrogens with zero attached hydrogens (tertiary/aromatic N) is 2. The fraction of sp³-hybridized carbons (Fsp3) is 0.333. The molecule has 0 radical (unpaired) electrons. The molecule has 0 amide bonds. The second-order valence-corrected chi connectivity index (χ2v) is 5.89. The lowest BCUT2D eigenvalue weighted by Gasteiger charge is -2.11. The largest absolute Gasteiger partial charge is 0.505 e. The number of nitrogens with one attached hydrogen (secondary N) is 1. The molecule has 2 N–H and O–H groups in total. The van der Waals surface area contributed by atoms with Gasteiger partial charge >= 0.3 is 0 Å². The van der Waals surface area contributed by atoms with Gasteiger partial charge in [0, 0.05) is 29.2 Å². The molecule has 1 aliphatic heterocycles. The van der Waals surface area contributed by atoms with Crippen LogP contribution in [0.25, 0.3) is 11.4 Å². The lowest BCUT2D eigenvalue weighted by Crippen LogP contribution is -2.08. The summed E-state index contributed by atoms with van der Waals surface area (Å²) in [6, 6.07) is 4.23. The highest BCUT2D eigenvalue weighted by molar-refractivity contribution is 7.98. The van der Waals surface area contributed by atoms with Gasteiger partial charge in [0.2, 0.25) is 0 Å². The number of hydrogen-bond donors (Lipinski definition) is 2. The molecule has 6 heteroatoms. The minimum Gasteiger partial charge on any atom is -0.505 e. The van der Waals surface area contributed by atoms with E-state index >= 15 is 0 Å². The van der Waals surface area contributed by atoms with Gasteiger partial charge < -0.3 is 10.4 Å². The van der Waals surface area contributed by atoms with Gasteiger partial charge in [-0.25, -0.2) is 14.4 Å². The maximum atomic E-state index is 13.5. The highest BCUT2D eigenvalue weighted by Crippen LogP contribution is 2.34. The number of benzene rings is 1. The van der Waals surface area contributed by atoms with Crippen LogP contribution in [0.4, 0.5) is 10.2 Å². The molecule has 1 aromatic heterocycles. The van der Waals surface area contributed by atoms with E-state index in [1.54, 1.807) is 17.8 Å². The van der Waals surface area contributed by atoms with Crippen molar-refractivity contribution in [3.63, 3.8) is 0 Å². The minimum atomic E-state index is -0.658. The zero-order valence-corrected chi connectivity index (χ0v) is 12.5. The summed E-state index contributed by atoms with van der Waals surface area (Å²) in [5.74, 6) is 2.08. The molecule has 0 bridgehead atoms. The van der Waals surface area contributed by atoms with Crippen molar-refractivity contribution in [1.82, 2.24) is 9.97 Å². The highest BCUT2D eigenvalue weighted by atomic mass is 32.2. The van der Waals surface area contributed by atoms with Crippen molar-refractivity contribution in [2.24, 2.45) is 0 Å². The standard InChI is InChI=1S/C15H16FN3OS/c1-2-5-17-15-10-7-21-8-12(10)18-14(19-15)9-3-4-13(20)11(16)6-9/h3-4,6,20H,2,5,7-8H2,1H3,(H,17,18,19). The molecule has 0 unspecified atom stereocenters. The molecular weight excluding hydrogens is 289 g/mol. The maximum Gasteiger partial charge on any atom is 0.165 e. The zero-order chi connectivity index (χ0) is 14.8. The van der Waals surface area contributed by atoms with Gasteiger partial charge in [-0.15, -0.1) is 0 Å². The number of fused-ring (bicyclic) bond motifs is 1. The summed E-state index contributed by atoms with van der Waals surface area (Å²) in [4.78, 5) is 9.08. The summed E-state index contributed by atoms with van der Waals surface area (Å²) < 4.78 is 13.5. The number of halogens is 1. The summed E-state index contributed by atoms with van der Waals surface area (Å²) in [7, 11) is 0. The van der Waals surface area contributed by atoms with Crippen LogP contribution in [0.2, 0.25) is 0 Å². The van der Waals surface area contributed by atoms with Gasteiger partial charge in [0.05, 0.1) is 5.69 Å². The van der Waals surface area contributed by atoms with Gasteiger partial charge in [-0.1, -0.05) is 6.92 Å². The average Bonchev–Trinajstić information content (AvgIpc) is 2.96. The average molecular weight is 305 g/mol. The van der Waals surface area contributed by atoms with Crippen LogP contribution in [0.5, 0.6) is 5.75 Å². The first-order chi connectivity index (χ1) is 10.2. The van der Waals surface area contributed by atoms with Gasteiger partial charge in [0.1, 0.15) is 5.82 Å². The molecule has 0 atom stereocenters. The first-order valence-corrected chi connectivity index (χ1v) is 8.04. The van der Waals surface area contributed by atoms with Crippen LogP contribution in [-0.2, 0) is 11.5 Å². The van der Waals surface area contributed by atoms with E-state index < -0.39 is 5.82 Å². The summed E-state index contributed by atoms with van der Waals surface area (Å²) in [6.07, 6.45) is 1.01. The number of phenols is 1. The number of hydrogen-bond acceptors (Lipinski definition) is 5. The van der Waals surface area contributed by atoms with E-state index in [0.717, 1.165) is 41.5 Å². The Hall–Kier alpha value is -1.82. The number of rotatable bonds is 4. The summed E-state index contributed by atoms with van der Waals surface area (Å²) in [5.41, 5.74) is 2.73. The van der Waals surface area contributed by atoms with E-state index in [9.17, 15) is 9.50 Å². The van der Waals surface area contributed by atoms with E-state index in [1.165, 1.54) is 12.1 Å². The fourth-order valence-electron chi connectivity index (χ4n) is 2.22. The van der Waals surface area contributed by atoms with Crippen LogP contribution in [0, 0.1) is 5.82 Å². The molecule has 0 saturated heterocycles. The van der Waals surface area contributed by atoms with Gasteiger partial charge in [-0.05, 0) is 24.6 Å². The van der Waals surface area contributed by atoms with Crippen molar-refractivity contribution < 1.29 is 9.50 Å². The Morgan fingerprint density at radius 2 is 2.19 bits per heavy atom. The second-order valence-electron chi connectivity index (χ2n) is 4.91. The first kappa shape index (κ1) is 14.1.